The summed E-state index contributed by atoms with van der Waals surface area (Å²) in [5.74, 6) is 2.67. The fourth-order valence-electron chi connectivity index (χ4n) is 4.21. The second-order valence-corrected chi connectivity index (χ2v) is 7.75. The summed E-state index contributed by atoms with van der Waals surface area (Å²) < 4.78 is 2.27. The number of nitrogens with zero attached hydrogens (tertiary/aromatic N) is 3. The van der Waals surface area contributed by atoms with Gasteiger partial charge in [-0.05, 0) is 44.6 Å². The molecule has 2 fully saturated rings. The van der Waals surface area contributed by atoms with E-state index in [9.17, 15) is 4.79 Å². The molecule has 1 aromatic heterocycles. The van der Waals surface area contributed by atoms with Gasteiger partial charge in [0, 0.05) is 43.4 Å². The van der Waals surface area contributed by atoms with E-state index in [1.165, 1.54) is 11.4 Å². The number of amides is 1. The molecule has 25 heavy (non-hydrogen) atoms. The van der Waals surface area contributed by atoms with E-state index in [4.69, 9.17) is 0 Å². The normalized spacial score (nSPS) is 23.9. The van der Waals surface area contributed by atoms with Crippen LogP contribution in [0.3, 0.4) is 0 Å². The highest BCUT2D eigenvalue weighted by atomic mass is 16.2. The number of benzene rings is 1. The van der Waals surface area contributed by atoms with Gasteiger partial charge in [-0.1, -0.05) is 30.3 Å². The van der Waals surface area contributed by atoms with Crippen LogP contribution in [0.5, 0.6) is 0 Å². The Morgan fingerprint density at radius 1 is 1.16 bits per heavy atom. The largest absolute Gasteiger partial charge is 0.342 e. The predicted molar refractivity (Wildman–Crippen MR) is 98.5 cm³/mol. The van der Waals surface area contributed by atoms with Gasteiger partial charge in [0.25, 0.3) is 0 Å². The molecule has 0 spiro atoms. The zero-order valence-corrected chi connectivity index (χ0v) is 15.1. The first-order valence-electron chi connectivity index (χ1n) is 9.51. The molecule has 2 heterocycles. The highest BCUT2D eigenvalue weighted by molar-refractivity contribution is 5.83. The summed E-state index contributed by atoms with van der Waals surface area (Å²) in [5, 5.41) is 0. The molecule has 0 N–H and O–H groups in total. The zero-order valence-electron chi connectivity index (χ0n) is 15.1. The van der Waals surface area contributed by atoms with Crippen LogP contribution >= 0.6 is 0 Å². The molecule has 1 saturated heterocycles. The number of imidazole rings is 1. The van der Waals surface area contributed by atoms with Crippen LogP contribution in [-0.4, -0.2) is 33.4 Å². The second kappa shape index (κ2) is 6.66. The van der Waals surface area contributed by atoms with E-state index >= 15 is 0 Å². The number of hydrogen-bond donors (Lipinski definition) is 0. The molecule has 1 aliphatic carbocycles. The van der Waals surface area contributed by atoms with E-state index in [-0.39, 0.29) is 5.92 Å². The van der Waals surface area contributed by atoms with E-state index in [1.54, 1.807) is 0 Å². The molecule has 132 valence electrons. The maximum Gasteiger partial charge on any atom is 0.226 e. The van der Waals surface area contributed by atoms with Crippen LogP contribution in [0.4, 0.5) is 0 Å². The molecule has 1 aliphatic heterocycles. The molecular weight excluding hydrogens is 310 g/mol. The molecule has 1 saturated carbocycles. The molecule has 4 heteroatoms. The van der Waals surface area contributed by atoms with E-state index in [1.807, 2.05) is 12.3 Å². The lowest BCUT2D eigenvalue weighted by Crippen LogP contribution is -2.39. The minimum Gasteiger partial charge on any atom is -0.342 e. The monoisotopic (exact) mass is 337 g/mol. The first-order chi connectivity index (χ1) is 12.1. The third kappa shape index (κ3) is 3.22. The summed E-state index contributed by atoms with van der Waals surface area (Å²) in [5.41, 5.74) is 1.31. The van der Waals surface area contributed by atoms with Crippen molar-refractivity contribution in [3.05, 3.63) is 54.1 Å². The highest BCUT2D eigenvalue weighted by Gasteiger charge is 2.46. The smallest absolute Gasteiger partial charge is 0.226 e. The van der Waals surface area contributed by atoms with Gasteiger partial charge in [-0.2, -0.15) is 0 Å². The zero-order chi connectivity index (χ0) is 17.4. The van der Waals surface area contributed by atoms with Crippen molar-refractivity contribution >= 4 is 5.91 Å². The Bertz CT molecular complexity index is 729. The topological polar surface area (TPSA) is 38.1 Å². The van der Waals surface area contributed by atoms with Gasteiger partial charge in [0.15, 0.2) is 0 Å². The quantitative estimate of drug-likeness (QED) is 0.846. The van der Waals surface area contributed by atoms with Crippen molar-refractivity contribution in [1.82, 2.24) is 14.5 Å². The molecule has 2 aliphatic rings. The summed E-state index contributed by atoms with van der Waals surface area (Å²) in [6.45, 7) is 6.13. The van der Waals surface area contributed by atoms with Gasteiger partial charge >= 0.3 is 0 Å². The number of piperidine rings is 1. The predicted octanol–water partition coefficient (Wildman–Crippen LogP) is 3.97. The maximum absolute atomic E-state index is 12.8. The van der Waals surface area contributed by atoms with Gasteiger partial charge in [0.05, 0.1) is 0 Å². The van der Waals surface area contributed by atoms with E-state index in [2.05, 4.69) is 58.8 Å². The SMILES string of the molecule is CC(C)n1ccnc1C1CCN(C(=O)[C@@H]2C[C@H]2c2ccccc2)CC1. The van der Waals surface area contributed by atoms with Crippen molar-refractivity contribution in [3.63, 3.8) is 0 Å². The van der Waals surface area contributed by atoms with Crippen molar-refractivity contribution < 1.29 is 4.79 Å². The minimum absolute atomic E-state index is 0.205. The third-order valence-corrected chi connectivity index (χ3v) is 5.76. The molecule has 0 unspecified atom stereocenters. The third-order valence-electron chi connectivity index (χ3n) is 5.76. The first-order valence-corrected chi connectivity index (χ1v) is 9.51. The fourth-order valence-corrected chi connectivity index (χ4v) is 4.21. The van der Waals surface area contributed by atoms with Crippen molar-refractivity contribution in [1.29, 1.82) is 0 Å². The molecule has 0 radical (unpaired) electrons. The Kier molecular flexibility index (Phi) is 4.36. The number of carbonyl (C=O) groups excluding carboxylic acids is 1. The van der Waals surface area contributed by atoms with Crippen LogP contribution in [-0.2, 0) is 4.79 Å². The molecule has 2 atom stereocenters. The van der Waals surface area contributed by atoms with Crippen molar-refractivity contribution in [2.75, 3.05) is 13.1 Å². The lowest BCUT2D eigenvalue weighted by molar-refractivity contribution is -0.133. The van der Waals surface area contributed by atoms with E-state index < -0.39 is 0 Å². The molecule has 4 rings (SSSR count). The van der Waals surface area contributed by atoms with E-state index in [0.29, 0.717) is 23.8 Å². The Hall–Kier alpha value is -2.10. The standard InChI is InChI=1S/C21H27N3O/c1-15(2)24-13-10-22-20(24)17-8-11-23(12-9-17)21(25)19-14-18(19)16-6-4-3-5-7-16/h3-7,10,13,15,17-19H,8-9,11-12,14H2,1-2H3/t18-,19+/m0/s1. The van der Waals surface area contributed by atoms with Crippen molar-refractivity contribution in [3.8, 4) is 0 Å². The molecule has 1 aromatic carbocycles. The van der Waals surface area contributed by atoms with Gasteiger partial charge < -0.3 is 9.47 Å². The minimum atomic E-state index is 0.205. The highest BCUT2D eigenvalue weighted by Crippen LogP contribution is 2.48. The summed E-state index contributed by atoms with van der Waals surface area (Å²) in [7, 11) is 0. The number of likely N-dealkylation sites (tertiary alicyclic amines) is 1. The van der Waals surface area contributed by atoms with Crippen LogP contribution in [0.2, 0.25) is 0 Å². The van der Waals surface area contributed by atoms with E-state index in [0.717, 1.165) is 32.4 Å². The maximum atomic E-state index is 12.8. The first kappa shape index (κ1) is 16.4. The van der Waals surface area contributed by atoms with Gasteiger partial charge in [0.1, 0.15) is 5.82 Å². The molecule has 1 amide bonds. The Balaban J connectivity index is 1.35. The molecular formula is C21H27N3O. The van der Waals surface area contributed by atoms with Gasteiger partial charge in [-0.15, -0.1) is 0 Å². The van der Waals surface area contributed by atoms with Gasteiger partial charge in [0.2, 0.25) is 5.91 Å². The van der Waals surface area contributed by atoms with Crippen molar-refractivity contribution in [2.24, 2.45) is 5.92 Å². The van der Waals surface area contributed by atoms with Crippen molar-refractivity contribution in [2.45, 2.75) is 51.0 Å². The fraction of sp³-hybridized carbons (Fsp3) is 0.524. The summed E-state index contributed by atoms with van der Waals surface area (Å²) in [6, 6.07) is 10.9. The van der Waals surface area contributed by atoms with Gasteiger partial charge in [-0.3, -0.25) is 4.79 Å². The Morgan fingerprint density at radius 2 is 1.88 bits per heavy atom. The van der Waals surface area contributed by atoms with Crippen LogP contribution in [0.1, 0.15) is 62.4 Å². The number of aromatic nitrogens is 2. The average Bonchev–Trinajstić information content (AvgIpc) is 3.29. The van der Waals surface area contributed by atoms with Crippen LogP contribution in [0.25, 0.3) is 0 Å². The molecule has 4 nitrogen and oxygen atoms in total. The summed E-state index contributed by atoms with van der Waals surface area (Å²) >= 11 is 0. The van der Waals surface area contributed by atoms with Crippen LogP contribution in [0.15, 0.2) is 42.7 Å². The van der Waals surface area contributed by atoms with Crippen LogP contribution in [0, 0.1) is 5.92 Å². The molecule has 0 bridgehead atoms. The van der Waals surface area contributed by atoms with Crippen LogP contribution < -0.4 is 0 Å². The lowest BCUT2D eigenvalue weighted by Gasteiger charge is -2.32. The summed E-state index contributed by atoms with van der Waals surface area (Å²) in [4.78, 5) is 19.5. The number of rotatable bonds is 4. The van der Waals surface area contributed by atoms with Gasteiger partial charge in [-0.25, -0.2) is 4.98 Å². The summed E-state index contributed by atoms with van der Waals surface area (Å²) in [6.07, 6.45) is 7.05. The molecule has 2 aromatic rings. The Morgan fingerprint density at radius 3 is 2.56 bits per heavy atom. The number of hydrogen-bond acceptors (Lipinski definition) is 2. The second-order valence-electron chi connectivity index (χ2n) is 7.75. The average molecular weight is 337 g/mol. The Labute approximate surface area is 149 Å². The number of carbonyl (C=O) groups is 1. The lowest BCUT2D eigenvalue weighted by atomic mass is 9.95.